The molecule has 0 rings (SSSR count). The molecular formula is C82H129NO8. The summed E-state index contributed by atoms with van der Waals surface area (Å²) in [5.41, 5.74) is 0. The molecule has 0 aromatic rings. The number of carbonyl (C=O) groups is 3. The average Bonchev–Trinajstić information content (AvgIpc) is 3.50. The first-order chi connectivity index (χ1) is 44.6. The lowest BCUT2D eigenvalue weighted by Crippen LogP contribution is -2.44. The molecular weight excluding hydrogens is 1130 g/mol. The van der Waals surface area contributed by atoms with Gasteiger partial charge in [-0.05, 0) is 141 Å². The van der Waals surface area contributed by atoms with E-state index in [-0.39, 0.29) is 38.6 Å². The third-order valence-electron chi connectivity index (χ3n) is 14.3. The number of unbranched alkanes of at least 4 members (excludes halogenated alkanes) is 16. The summed E-state index contributed by atoms with van der Waals surface area (Å²) in [6, 6.07) is 0. The van der Waals surface area contributed by atoms with Crippen molar-refractivity contribution >= 4 is 17.9 Å². The third-order valence-corrected chi connectivity index (χ3v) is 14.3. The number of hydrogen-bond donors (Lipinski definition) is 0. The maximum atomic E-state index is 12.9. The molecule has 0 amide bonds. The van der Waals surface area contributed by atoms with E-state index in [0.717, 1.165) is 173 Å². The molecule has 0 aliphatic heterocycles. The maximum absolute atomic E-state index is 12.9. The number of carboxylic acids is 1. The van der Waals surface area contributed by atoms with Crippen LogP contribution < -0.4 is 5.11 Å². The lowest BCUT2D eigenvalue weighted by atomic mass is 10.1. The van der Waals surface area contributed by atoms with Crippen LogP contribution in [-0.2, 0) is 33.3 Å². The number of quaternary nitrogens is 1. The molecule has 2 atom stereocenters. The van der Waals surface area contributed by atoms with Crippen LogP contribution in [0.4, 0.5) is 0 Å². The smallest absolute Gasteiger partial charge is 0.306 e. The second kappa shape index (κ2) is 70.0. The average molecular weight is 1260 g/mol. The number of allylic oxidation sites excluding steroid dienone is 32. The fraction of sp³-hybridized carbons (Fsp3) is 0.573. The number of esters is 2. The molecule has 2 unspecified atom stereocenters. The van der Waals surface area contributed by atoms with Crippen LogP contribution in [0.2, 0.25) is 0 Å². The second-order valence-corrected chi connectivity index (χ2v) is 24.1. The van der Waals surface area contributed by atoms with Gasteiger partial charge in [0.1, 0.15) is 13.2 Å². The maximum Gasteiger partial charge on any atom is 0.306 e. The lowest BCUT2D eigenvalue weighted by molar-refractivity contribution is -0.870. The Morgan fingerprint density at radius 1 is 0.330 bits per heavy atom. The van der Waals surface area contributed by atoms with E-state index < -0.39 is 24.3 Å². The molecule has 510 valence electrons. The molecule has 0 spiro atoms. The van der Waals surface area contributed by atoms with Gasteiger partial charge in [-0.1, -0.05) is 285 Å². The van der Waals surface area contributed by atoms with Crippen molar-refractivity contribution in [2.75, 3.05) is 47.5 Å². The quantitative estimate of drug-likeness (QED) is 0.0195. The van der Waals surface area contributed by atoms with E-state index in [4.69, 9.17) is 18.9 Å². The molecule has 91 heavy (non-hydrogen) atoms. The minimum Gasteiger partial charge on any atom is -0.545 e. The van der Waals surface area contributed by atoms with Crippen molar-refractivity contribution in [1.82, 2.24) is 0 Å². The first-order valence-corrected chi connectivity index (χ1v) is 35.6. The third kappa shape index (κ3) is 71.4. The van der Waals surface area contributed by atoms with E-state index in [1.165, 1.54) is 38.5 Å². The van der Waals surface area contributed by atoms with E-state index in [2.05, 4.69) is 208 Å². The van der Waals surface area contributed by atoms with Gasteiger partial charge in [-0.2, -0.15) is 0 Å². The second-order valence-electron chi connectivity index (χ2n) is 24.1. The molecule has 0 aromatic carbocycles. The van der Waals surface area contributed by atoms with Gasteiger partial charge in [0.25, 0.3) is 0 Å². The predicted octanol–water partition coefficient (Wildman–Crippen LogP) is 21.2. The summed E-state index contributed by atoms with van der Waals surface area (Å²) in [4.78, 5) is 37.5. The number of nitrogens with zero attached hydrogens (tertiary/aromatic N) is 1. The van der Waals surface area contributed by atoms with Crippen molar-refractivity contribution < 1.29 is 42.9 Å². The molecule has 0 fully saturated rings. The minimum atomic E-state index is -1.64. The van der Waals surface area contributed by atoms with Crippen LogP contribution in [0, 0.1) is 0 Å². The summed E-state index contributed by atoms with van der Waals surface area (Å²) < 4.78 is 22.8. The highest BCUT2D eigenvalue weighted by molar-refractivity contribution is 5.70. The summed E-state index contributed by atoms with van der Waals surface area (Å²) in [7, 11) is 5.91. The summed E-state index contributed by atoms with van der Waals surface area (Å²) in [5, 5.41) is 11.8. The SMILES string of the molecule is CC/C=C\C/C=C\C/C=C\C/C=C\C/C=C\C/C=C\C/C=C\C/C=C\C/C=C\C/C=C\CCCCCCCCC(=O)OC(COC(=O)CCCCCCCCCCCC/C=C\C/C=C\C/C=C\C/C=C\C/C=C\C/C=C\CC)COC(OCC[N+](C)(C)C)C(=O)[O-]. The normalized spacial score (nSPS) is 13.9. The Morgan fingerprint density at radius 2 is 0.593 bits per heavy atom. The number of likely N-dealkylation sites (N-methyl/N-ethyl adjacent to an activating group) is 1. The molecule has 0 bridgehead atoms. The van der Waals surface area contributed by atoms with Gasteiger partial charge >= 0.3 is 11.9 Å². The Kier molecular flexibility index (Phi) is 65.5. The Balaban J connectivity index is 4.24. The predicted molar refractivity (Wildman–Crippen MR) is 388 cm³/mol. The highest BCUT2D eigenvalue weighted by Gasteiger charge is 2.22. The van der Waals surface area contributed by atoms with E-state index in [1.807, 2.05) is 21.1 Å². The monoisotopic (exact) mass is 1260 g/mol. The number of ether oxygens (including phenoxy) is 4. The Morgan fingerprint density at radius 3 is 0.879 bits per heavy atom. The lowest BCUT2D eigenvalue weighted by Gasteiger charge is -2.26. The highest BCUT2D eigenvalue weighted by Crippen LogP contribution is 2.15. The van der Waals surface area contributed by atoms with Crippen LogP contribution in [0.15, 0.2) is 194 Å². The van der Waals surface area contributed by atoms with Gasteiger partial charge in [0.05, 0.1) is 40.3 Å². The first kappa shape index (κ1) is 85.1. The summed E-state index contributed by atoms with van der Waals surface area (Å²) in [6.07, 6.45) is 105. The molecule has 0 saturated carbocycles. The molecule has 0 aromatic heterocycles. The Labute approximate surface area is 557 Å². The molecule has 0 aliphatic carbocycles. The van der Waals surface area contributed by atoms with Crippen molar-refractivity contribution in [3.63, 3.8) is 0 Å². The van der Waals surface area contributed by atoms with Gasteiger partial charge in [-0.15, -0.1) is 0 Å². The molecule has 9 nitrogen and oxygen atoms in total. The topological polar surface area (TPSA) is 111 Å². The van der Waals surface area contributed by atoms with Gasteiger partial charge in [-0.25, -0.2) is 0 Å². The number of carbonyl (C=O) groups excluding carboxylic acids is 3. The fourth-order valence-corrected chi connectivity index (χ4v) is 8.98. The van der Waals surface area contributed by atoms with Crippen LogP contribution >= 0.6 is 0 Å². The van der Waals surface area contributed by atoms with Crippen molar-refractivity contribution in [3.05, 3.63) is 194 Å². The fourth-order valence-electron chi connectivity index (χ4n) is 8.98. The zero-order chi connectivity index (χ0) is 66.1. The summed E-state index contributed by atoms with van der Waals surface area (Å²) in [5.74, 6) is -2.33. The van der Waals surface area contributed by atoms with Crippen LogP contribution in [0.1, 0.15) is 245 Å². The van der Waals surface area contributed by atoms with Crippen LogP contribution in [0.5, 0.6) is 0 Å². The zero-order valence-electron chi connectivity index (χ0n) is 58.1. The van der Waals surface area contributed by atoms with Crippen LogP contribution in [0.25, 0.3) is 0 Å². The van der Waals surface area contributed by atoms with Gasteiger partial charge in [0.15, 0.2) is 12.4 Å². The minimum absolute atomic E-state index is 0.133. The standard InChI is InChI=1S/C82H129NO8/c1-6-8-10-12-14-16-18-20-22-24-26-28-30-32-34-36-37-38-39-40-41-42-43-45-47-49-51-53-55-57-59-61-63-65-67-69-71-73-80(85)91-78(77-90-82(81(86)87)88-75-74-83(3,4)5)76-89-79(84)72-70-68-66-64-62-60-58-56-54-52-50-48-46-44-35-33-31-29-27-25-23-21-19-17-15-13-11-9-7-2/h8-11,14-17,20-23,26-29,32-35,37-38,40-41,43,45-46,48-49,51,55,57,78,82H,6-7,12-13,18-19,24-25,30-31,36,39,42,44,47,50,52-54,56,58-77H2,1-5H3/b10-8-,11-9-,16-14-,17-15-,22-20-,23-21-,28-26-,29-27-,34-32-,35-33-,38-37-,41-40-,45-43-,48-46-,51-49-,57-55-. The number of rotatable bonds is 63. The summed E-state index contributed by atoms with van der Waals surface area (Å²) in [6.45, 7) is 4.48. The van der Waals surface area contributed by atoms with Crippen molar-refractivity contribution in [3.8, 4) is 0 Å². The molecule has 0 saturated heterocycles. The van der Waals surface area contributed by atoms with Crippen LogP contribution in [-0.4, -0.2) is 82.3 Å². The van der Waals surface area contributed by atoms with Gasteiger partial charge in [0, 0.05) is 12.8 Å². The molecule has 0 radical (unpaired) electrons. The van der Waals surface area contributed by atoms with Crippen molar-refractivity contribution in [2.24, 2.45) is 0 Å². The number of carboxylic acid groups (broad SMARTS) is 1. The Bertz CT molecular complexity index is 2200. The van der Waals surface area contributed by atoms with E-state index in [9.17, 15) is 19.5 Å². The molecule has 0 aliphatic rings. The zero-order valence-corrected chi connectivity index (χ0v) is 58.1. The van der Waals surface area contributed by atoms with Gasteiger partial charge in [0.2, 0.25) is 0 Å². The summed E-state index contributed by atoms with van der Waals surface area (Å²) >= 11 is 0. The highest BCUT2D eigenvalue weighted by atomic mass is 16.7. The number of aliphatic carboxylic acids is 1. The largest absolute Gasteiger partial charge is 0.545 e. The van der Waals surface area contributed by atoms with Gasteiger partial charge < -0.3 is 33.3 Å². The molecule has 0 N–H and O–H groups in total. The Hall–Kier alpha value is -5.87. The first-order valence-electron chi connectivity index (χ1n) is 35.6. The van der Waals surface area contributed by atoms with Crippen molar-refractivity contribution in [2.45, 2.75) is 257 Å². The molecule has 9 heteroatoms. The van der Waals surface area contributed by atoms with Crippen LogP contribution in [0.3, 0.4) is 0 Å². The van der Waals surface area contributed by atoms with E-state index in [1.54, 1.807) is 0 Å². The van der Waals surface area contributed by atoms with Gasteiger partial charge in [-0.3, -0.25) is 9.59 Å². The van der Waals surface area contributed by atoms with E-state index >= 15 is 0 Å². The molecule has 0 heterocycles. The number of hydrogen-bond acceptors (Lipinski definition) is 8. The van der Waals surface area contributed by atoms with E-state index in [0.29, 0.717) is 17.4 Å². The van der Waals surface area contributed by atoms with Crippen molar-refractivity contribution in [1.29, 1.82) is 0 Å².